The Morgan fingerprint density at radius 2 is 1.74 bits per heavy atom. The lowest BCUT2D eigenvalue weighted by Crippen LogP contribution is -2.17. The van der Waals surface area contributed by atoms with Gasteiger partial charge in [0.15, 0.2) is 5.82 Å². The molecule has 13 heteroatoms. The Morgan fingerprint density at radius 1 is 1.06 bits per heavy atom. The quantitative estimate of drug-likeness (QED) is 0.299. The van der Waals surface area contributed by atoms with Crippen LogP contribution in [0.4, 0.5) is 27.6 Å². The van der Waals surface area contributed by atoms with Crippen LogP contribution in [0.1, 0.15) is 27.0 Å². The molecule has 0 spiro atoms. The van der Waals surface area contributed by atoms with E-state index in [4.69, 9.17) is 0 Å². The van der Waals surface area contributed by atoms with E-state index < -0.39 is 55.3 Å². The van der Waals surface area contributed by atoms with Crippen LogP contribution in [0, 0.1) is 23.0 Å². The van der Waals surface area contributed by atoms with Crippen molar-refractivity contribution in [2.24, 2.45) is 0 Å². The number of aromatic amines is 1. The van der Waals surface area contributed by atoms with Crippen molar-refractivity contribution in [1.82, 2.24) is 9.97 Å². The largest absolute Gasteiger partial charge is 0.416 e. The minimum atomic E-state index is -4.70. The minimum Gasteiger partial charge on any atom is -0.345 e. The molecular formula is C22H11F5N4O3S. The van der Waals surface area contributed by atoms with E-state index in [0.29, 0.717) is 30.3 Å². The van der Waals surface area contributed by atoms with Crippen molar-refractivity contribution in [1.29, 1.82) is 5.26 Å². The van der Waals surface area contributed by atoms with Crippen LogP contribution in [0.15, 0.2) is 59.8 Å². The molecule has 0 aliphatic heterocycles. The van der Waals surface area contributed by atoms with Gasteiger partial charge >= 0.3 is 6.18 Å². The lowest BCUT2D eigenvalue weighted by Gasteiger charge is -2.13. The number of sulfonamides is 1. The molecule has 0 saturated carbocycles. The van der Waals surface area contributed by atoms with Crippen LogP contribution in [-0.4, -0.2) is 24.2 Å². The van der Waals surface area contributed by atoms with E-state index in [9.17, 15) is 36.0 Å². The van der Waals surface area contributed by atoms with Gasteiger partial charge in [0.2, 0.25) is 5.78 Å². The standard InChI is InChI=1S/C22H11F5N4O3S/c23-15-5-6-16(31-35(33,34)13-3-1-12(2-4-13)22(25,26)27)19(24)18(15)20(32)14-10-30-21-17(14)11(9-28)7-8-29-21/h1-8,10,31H,(H,29,30). The molecule has 2 aromatic heterocycles. The number of alkyl halides is 3. The topological polar surface area (TPSA) is 116 Å². The first kappa shape index (κ1) is 23.8. The highest BCUT2D eigenvalue weighted by Gasteiger charge is 2.31. The van der Waals surface area contributed by atoms with Crippen molar-refractivity contribution in [2.75, 3.05) is 4.72 Å². The van der Waals surface area contributed by atoms with Gasteiger partial charge in [-0.05, 0) is 42.5 Å². The number of nitrogens with zero attached hydrogens (tertiary/aromatic N) is 2. The van der Waals surface area contributed by atoms with E-state index in [1.165, 1.54) is 12.3 Å². The number of halogens is 5. The third kappa shape index (κ3) is 4.31. The normalized spacial score (nSPS) is 11.9. The Labute approximate surface area is 193 Å². The van der Waals surface area contributed by atoms with Gasteiger partial charge in [0.05, 0.1) is 38.9 Å². The van der Waals surface area contributed by atoms with E-state index in [-0.39, 0.29) is 22.2 Å². The zero-order chi connectivity index (χ0) is 25.5. The average Bonchev–Trinajstić information content (AvgIpc) is 3.25. The molecule has 0 amide bonds. The van der Waals surface area contributed by atoms with Crippen molar-refractivity contribution in [3.8, 4) is 6.07 Å². The van der Waals surface area contributed by atoms with Crippen molar-refractivity contribution in [2.45, 2.75) is 11.1 Å². The van der Waals surface area contributed by atoms with E-state index in [0.717, 1.165) is 12.3 Å². The molecule has 0 bridgehead atoms. The number of benzene rings is 2. The Bertz CT molecular complexity index is 1620. The Hall–Kier alpha value is -4.31. The van der Waals surface area contributed by atoms with E-state index in [2.05, 4.69) is 9.97 Å². The fourth-order valence-corrected chi connectivity index (χ4v) is 4.39. The summed E-state index contributed by atoms with van der Waals surface area (Å²) in [6, 6.07) is 6.91. The van der Waals surface area contributed by atoms with Crippen molar-refractivity contribution >= 4 is 32.5 Å². The lowest BCUT2D eigenvalue weighted by atomic mass is 10.00. The van der Waals surface area contributed by atoms with Gasteiger partial charge in [0.25, 0.3) is 10.0 Å². The van der Waals surface area contributed by atoms with Gasteiger partial charge in [-0.25, -0.2) is 22.2 Å². The summed E-state index contributed by atoms with van der Waals surface area (Å²) in [7, 11) is -4.60. The number of pyridine rings is 1. The molecule has 0 radical (unpaired) electrons. The highest BCUT2D eigenvalue weighted by molar-refractivity contribution is 7.92. The Kier molecular flexibility index (Phi) is 5.77. The van der Waals surface area contributed by atoms with Gasteiger partial charge in [-0.3, -0.25) is 9.52 Å². The maximum Gasteiger partial charge on any atom is 0.416 e. The van der Waals surface area contributed by atoms with Crippen LogP contribution in [0.25, 0.3) is 11.0 Å². The SMILES string of the molecule is N#Cc1ccnc2[nH]cc(C(=O)c3c(F)ccc(NS(=O)(=O)c4ccc(C(F)(F)F)cc4)c3F)c12. The second-order valence-corrected chi connectivity index (χ2v) is 8.82. The number of ketones is 1. The molecule has 0 fully saturated rings. The number of H-pyrrole nitrogens is 1. The van der Waals surface area contributed by atoms with Crippen LogP contribution in [0.2, 0.25) is 0 Å². The predicted molar refractivity (Wildman–Crippen MR) is 113 cm³/mol. The van der Waals surface area contributed by atoms with E-state index >= 15 is 4.39 Å². The molecule has 4 rings (SSSR count). The number of nitrogens with one attached hydrogen (secondary N) is 2. The molecule has 7 nitrogen and oxygen atoms in total. The van der Waals surface area contributed by atoms with Crippen molar-refractivity contribution in [3.63, 3.8) is 0 Å². The second-order valence-electron chi connectivity index (χ2n) is 7.14. The summed E-state index contributed by atoms with van der Waals surface area (Å²) in [4.78, 5) is 19.0. The number of nitriles is 1. The fraction of sp³-hybridized carbons (Fsp3) is 0.0455. The van der Waals surface area contributed by atoms with Gasteiger partial charge in [0.1, 0.15) is 11.5 Å². The number of rotatable bonds is 5. The van der Waals surface area contributed by atoms with Crippen LogP contribution >= 0.6 is 0 Å². The molecule has 4 aromatic rings. The Morgan fingerprint density at radius 3 is 2.37 bits per heavy atom. The monoisotopic (exact) mass is 506 g/mol. The zero-order valence-electron chi connectivity index (χ0n) is 17.1. The van der Waals surface area contributed by atoms with Gasteiger partial charge in [-0.1, -0.05) is 0 Å². The molecule has 0 aliphatic carbocycles. The number of aromatic nitrogens is 2. The summed E-state index contributed by atoms with van der Waals surface area (Å²) in [6.45, 7) is 0. The number of anilines is 1. The smallest absolute Gasteiger partial charge is 0.345 e. The maximum atomic E-state index is 15.2. The summed E-state index contributed by atoms with van der Waals surface area (Å²) >= 11 is 0. The van der Waals surface area contributed by atoms with Crippen LogP contribution < -0.4 is 4.72 Å². The first-order valence-electron chi connectivity index (χ1n) is 9.53. The maximum absolute atomic E-state index is 15.2. The van der Waals surface area contributed by atoms with Crippen LogP contribution in [0.5, 0.6) is 0 Å². The summed E-state index contributed by atoms with van der Waals surface area (Å²) in [5.41, 5.74) is -3.15. The van der Waals surface area contributed by atoms with Gasteiger partial charge in [-0.15, -0.1) is 0 Å². The molecule has 0 aliphatic rings. The number of carbonyl (C=O) groups is 1. The number of hydrogen-bond donors (Lipinski definition) is 2. The molecule has 0 saturated heterocycles. The summed E-state index contributed by atoms with van der Waals surface area (Å²) in [5.74, 6) is -4.05. The number of carbonyl (C=O) groups excluding carboxylic acids is 1. The van der Waals surface area contributed by atoms with Crippen LogP contribution in [0.3, 0.4) is 0 Å². The van der Waals surface area contributed by atoms with Gasteiger partial charge in [-0.2, -0.15) is 18.4 Å². The third-order valence-electron chi connectivity index (χ3n) is 4.99. The summed E-state index contributed by atoms with van der Waals surface area (Å²) < 4.78 is 94.9. The summed E-state index contributed by atoms with van der Waals surface area (Å²) in [6.07, 6.45) is -2.29. The second kappa shape index (κ2) is 8.48. The van der Waals surface area contributed by atoms with Gasteiger partial charge in [0, 0.05) is 17.8 Å². The summed E-state index contributed by atoms with van der Waals surface area (Å²) in [5, 5.41) is 9.31. The molecule has 178 valence electrons. The Balaban J connectivity index is 1.74. The van der Waals surface area contributed by atoms with E-state index in [1.807, 2.05) is 10.8 Å². The fourth-order valence-electron chi connectivity index (χ4n) is 3.33. The average molecular weight is 506 g/mol. The molecule has 2 heterocycles. The van der Waals surface area contributed by atoms with Crippen molar-refractivity contribution in [3.05, 3.63) is 88.7 Å². The first-order chi connectivity index (χ1) is 16.4. The van der Waals surface area contributed by atoms with Gasteiger partial charge < -0.3 is 4.98 Å². The molecule has 35 heavy (non-hydrogen) atoms. The highest BCUT2D eigenvalue weighted by atomic mass is 32.2. The third-order valence-corrected chi connectivity index (χ3v) is 6.37. The number of fused-ring (bicyclic) bond motifs is 1. The molecule has 2 aromatic carbocycles. The van der Waals surface area contributed by atoms with Crippen LogP contribution in [-0.2, 0) is 16.2 Å². The van der Waals surface area contributed by atoms with Crippen molar-refractivity contribution < 1.29 is 35.2 Å². The van der Waals surface area contributed by atoms with E-state index in [1.54, 1.807) is 0 Å². The number of hydrogen-bond acceptors (Lipinski definition) is 5. The first-order valence-corrected chi connectivity index (χ1v) is 11.0. The molecule has 0 atom stereocenters. The molecular weight excluding hydrogens is 495 g/mol. The predicted octanol–water partition coefficient (Wildman–Crippen LogP) is 4.76. The highest BCUT2D eigenvalue weighted by Crippen LogP contribution is 2.31. The lowest BCUT2D eigenvalue weighted by molar-refractivity contribution is -0.137. The minimum absolute atomic E-state index is 0.0135. The zero-order valence-corrected chi connectivity index (χ0v) is 17.9. The molecule has 2 N–H and O–H groups in total. The molecule has 0 unspecified atom stereocenters.